The zero-order chi connectivity index (χ0) is 9.97. The third-order valence-corrected chi connectivity index (χ3v) is 4.17. The second-order valence-corrected chi connectivity index (χ2v) is 5.10. The lowest BCUT2D eigenvalue weighted by Gasteiger charge is -2.02. The minimum Gasteiger partial charge on any atom is -0.473 e. The lowest BCUT2D eigenvalue weighted by Crippen LogP contribution is -2.14. The first-order valence-corrected chi connectivity index (χ1v) is 6.46. The van der Waals surface area contributed by atoms with E-state index in [-0.39, 0.29) is 11.7 Å². The molecule has 1 atom stereocenters. The van der Waals surface area contributed by atoms with Crippen LogP contribution in [0, 0.1) is 5.92 Å². The van der Waals surface area contributed by atoms with Gasteiger partial charge in [-0.3, -0.25) is 4.79 Å². The second kappa shape index (κ2) is 4.31. The molecule has 1 aliphatic rings. The largest absolute Gasteiger partial charge is 0.473 e. The van der Waals surface area contributed by atoms with Gasteiger partial charge in [-0.2, -0.15) is 16.7 Å². The molecular formula is C9H11NO2S2. The first-order chi connectivity index (χ1) is 6.81. The van der Waals surface area contributed by atoms with Crippen molar-refractivity contribution in [3.05, 3.63) is 11.1 Å². The molecule has 1 aliphatic heterocycles. The molecule has 0 aromatic carbocycles. The number of thioether (sulfide) groups is 1. The minimum atomic E-state index is 0.173. The maximum absolute atomic E-state index is 11.9. The fourth-order valence-electron chi connectivity index (χ4n) is 1.41. The van der Waals surface area contributed by atoms with Crippen molar-refractivity contribution in [2.45, 2.75) is 6.42 Å². The Morgan fingerprint density at radius 3 is 3.14 bits per heavy atom. The molecule has 0 radical (unpaired) electrons. The predicted molar refractivity (Wildman–Crippen MR) is 58.4 cm³/mol. The molecule has 0 spiro atoms. The Bertz CT molecular complexity index is 331. The zero-order valence-electron chi connectivity index (χ0n) is 7.86. The van der Waals surface area contributed by atoms with E-state index in [4.69, 9.17) is 4.74 Å². The number of thiazole rings is 1. The van der Waals surface area contributed by atoms with Crippen molar-refractivity contribution in [3.63, 3.8) is 0 Å². The molecule has 0 saturated carbocycles. The van der Waals surface area contributed by atoms with Crippen LogP contribution in [0.25, 0.3) is 0 Å². The van der Waals surface area contributed by atoms with Gasteiger partial charge in [0.05, 0.1) is 7.11 Å². The number of hydrogen-bond donors (Lipinski definition) is 0. The van der Waals surface area contributed by atoms with Gasteiger partial charge >= 0.3 is 0 Å². The van der Waals surface area contributed by atoms with Crippen molar-refractivity contribution in [1.29, 1.82) is 0 Å². The van der Waals surface area contributed by atoms with Crippen molar-refractivity contribution in [2.75, 3.05) is 18.6 Å². The molecule has 0 N–H and O–H groups in total. The van der Waals surface area contributed by atoms with Crippen LogP contribution >= 0.6 is 23.1 Å². The summed E-state index contributed by atoms with van der Waals surface area (Å²) in [7, 11) is 1.57. The molecule has 2 heterocycles. The Morgan fingerprint density at radius 1 is 1.71 bits per heavy atom. The van der Waals surface area contributed by atoms with Gasteiger partial charge in [-0.25, -0.2) is 0 Å². The van der Waals surface area contributed by atoms with E-state index in [1.165, 1.54) is 11.3 Å². The van der Waals surface area contributed by atoms with Crippen LogP contribution < -0.4 is 4.74 Å². The molecule has 1 aromatic rings. The van der Waals surface area contributed by atoms with Gasteiger partial charge in [0.15, 0.2) is 5.78 Å². The number of carbonyl (C=O) groups is 1. The summed E-state index contributed by atoms with van der Waals surface area (Å²) in [5.74, 6) is 2.39. The number of hydrogen-bond acceptors (Lipinski definition) is 5. The first kappa shape index (κ1) is 9.98. The summed E-state index contributed by atoms with van der Waals surface area (Å²) in [6.07, 6.45) is 0.989. The fraction of sp³-hybridized carbons (Fsp3) is 0.556. The third kappa shape index (κ3) is 1.93. The Kier molecular flexibility index (Phi) is 3.08. The highest BCUT2D eigenvalue weighted by Gasteiger charge is 2.26. The van der Waals surface area contributed by atoms with Crippen LogP contribution in [-0.2, 0) is 0 Å². The summed E-state index contributed by atoms with van der Waals surface area (Å²) in [5.41, 5.74) is 0.569. The van der Waals surface area contributed by atoms with E-state index in [9.17, 15) is 4.79 Å². The summed E-state index contributed by atoms with van der Waals surface area (Å²) < 4.78 is 4.96. The maximum Gasteiger partial charge on any atom is 0.273 e. The molecule has 1 aromatic heterocycles. The van der Waals surface area contributed by atoms with Crippen molar-refractivity contribution >= 4 is 28.9 Å². The lowest BCUT2D eigenvalue weighted by atomic mass is 10.0. The number of carbonyl (C=O) groups excluding carboxylic acids is 1. The van der Waals surface area contributed by atoms with E-state index in [1.807, 2.05) is 11.8 Å². The number of rotatable bonds is 3. The van der Waals surface area contributed by atoms with Crippen molar-refractivity contribution in [3.8, 4) is 5.19 Å². The highest BCUT2D eigenvalue weighted by atomic mass is 32.2. The number of methoxy groups -OCH3 is 1. The summed E-state index contributed by atoms with van der Waals surface area (Å²) >= 11 is 3.22. The molecule has 3 nitrogen and oxygen atoms in total. The van der Waals surface area contributed by atoms with Gasteiger partial charge in [0.1, 0.15) is 5.69 Å². The van der Waals surface area contributed by atoms with Gasteiger partial charge in [0.25, 0.3) is 5.19 Å². The number of aromatic nitrogens is 1. The van der Waals surface area contributed by atoms with E-state index < -0.39 is 0 Å². The van der Waals surface area contributed by atoms with Gasteiger partial charge in [-0.15, -0.1) is 0 Å². The standard InChI is InChI=1S/C9H11NO2S2/c1-12-9-10-7(5-14-9)8(11)6-2-3-13-4-6/h5-6H,2-4H2,1H3. The average molecular weight is 229 g/mol. The number of Topliss-reactive ketones (excluding diaryl/α,β-unsaturated/α-hetero) is 1. The molecular weight excluding hydrogens is 218 g/mol. The van der Waals surface area contributed by atoms with E-state index in [0.717, 1.165) is 17.9 Å². The maximum atomic E-state index is 11.9. The monoisotopic (exact) mass is 229 g/mol. The summed E-state index contributed by atoms with van der Waals surface area (Å²) in [5, 5.41) is 2.35. The predicted octanol–water partition coefficient (Wildman–Crippen LogP) is 2.09. The second-order valence-electron chi connectivity index (χ2n) is 3.13. The molecule has 1 saturated heterocycles. The quantitative estimate of drug-likeness (QED) is 0.744. The Morgan fingerprint density at radius 2 is 2.57 bits per heavy atom. The van der Waals surface area contributed by atoms with Gasteiger partial charge in [0.2, 0.25) is 0 Å². The van der Waals surface area contributed by atoms with Crippen molar-refractivity contribution in [1.82, 2.24) is 4.98 Å². The molecule has 0 aliphatic carbocycles. The van der Waals surface area contributed by atoms with E-state index in [0.29, 0.717) is 10.9 Å². The van der Waals surface area contributed by atoms with Crippen molar-refractivity contribution in [2.24, 2.45) is 5.92 Å². The third-order valence-electron chi connectivity index (χ3n) is 2.21. The molecule has 5 heteroatoms. The van der Waals surface area contributed by atoms with Crippen molar-refractivity contribution < 1.29 is 9.53 Å². The number of ketones is 1. The van der Waals surface area contributed by atoms with Crippen LogP contribution in [0.2, 0.25) is 0 Å². The topological polar surface area (TPSA) is 39.2 Å². The summed E-state index contributed by atoms with van der Waals surface area (Å²) in [4.78, 5) is 16.0. The van der Waals surface area contributed by atoms with Crippen LogP contribution in [-0.4, -0.2) is 29.4 Å². The average Bonchev–Trinajstić information content (AvgIpc) is 2.88. The van der Waals surface area contributed by atoms with E-state index in [2.05, 4.69) is 4.98 Å². The minimum absolute atomic E-state index is 0.173. The summed E-state index contributed by atoms with van der Waals surface area (Å²) in [6, 6.07) is 0. The van der Waals surface area contributed by atoms with Crippen LogP contribution in [0.15, 0.2) is 5.38 Å². The molecule has 1 unspecified atom stereocenters. The molecule has 1 fully saturated rings. The lowest BCUT2D eigenvalue weighted by molar-refractivity contribution is 0.0929. The molecule has 76 valence electrons. The van der Waals surface area contributed by atoms with Gasteiger partial charge in [0, 0.05) is 17.1 Å². The molecule has 0 amide bonds. The highest BCUT2D eigenvalue weighted by molar-refractivity contribution is 7.99. The smallest absolute Gasteiger partial charge is 0.273 e. The summed E-state index contributed by atoms with van der Waals surface area (Å²) in [6.45, 7) is 0. The Hall–Kier alpha value is -0.550. The van der Waals surface area contributed by atoms with Gasteiger partial charge in [-0.05, 0) is 12.2 Å². The van der Waals surface area contributed by atoms with E-state index >= 15 is 0 Å². The SMILES string of the molecule is COc1nc(C(=O)C2CCSC2)cs1. The number of ether oxygens (including phenoxy) is 1. The molecule has 0 bridgehead atoms. The Labute approximate surface area is 90.9 Å². The van der Waals surface area contributed by atoms with E-state index in [1.54, 1.807) is 12.5 Å². The highest BCUT2D eigenvalue weighted by Crippen LogP contribution is 2.28. The van der Waals surface area contributed by atoms with Gasteiger partial charge in [-0.1, -0.05) is 11.3 Å². The van der Waals surface area contributed by atoms with Crippen LogP contribution in [0.1, 0.15) is 16.9 Å². The Balaban J connectivity index is 2.09. The van der Waals surface area contributed by atoms with Crippen LogP contribution in [0.5, 0.6) is 5.19 Å². The zero-order valence-corrected chi connectivity index (χ0v) is 9.49. The number of nitrogens with zero attached hydrogens (tertiary/aromatic N) is 1. The molecule has 2 rings (SSSR count). The van der Waals surface area contributed by atoms with Gasteiger partial charge < -0.3 is 4.74 Å². The van der Waals surface area contributed by atoms with Crippen LogP contribution in [0.3, 0.4) is 0 Å². The fourth-order valence-corrected chi connectivity index (χ4v) is 3.26. The molecule has 14 heavy (non-hydrogen) atoms. The van der Waals surface area contributed by atoms with Crippen LogP contribution in [0.4, 0.5) is 0 Å². The first-order valence-electron chi connectivity index (χ1n) is 4.42. The normalized spacial score (nSPS) is 21.1.